The summed E-state index contributed by atoms with van der Waals surface area (Å²) in [5, 5.41) is 5.45. The SMILES string of the molecule is CC(C)(C)OC(=O)C(C)(C)O/N=C(\C(=O)Sc1nc2ccccc2s1)c1csc(N)n1. The van der Waals surface area contributed by atoms with Crippen LogP contribution < -0.4 is 5.73 Å². The highest BCUT2D eigenvalue weighted by molar-refractivity contribution is 8.16. The molecule has 164 valence electrons. The van der Waals surface area contributed by atoms with Crippen molar-refractivity contribution in [1.82, 2.24) is 9.97 Å². The molecule has 11 heteroatoms. The van der Waals surface area contributed by atoms with Crippen molar-refractivity contribution in [2.45, 2.75) is 50.2 Å². The number of esters is 1. The van der Waals surface area contributed by atoms with E-state index < -0.39 is 22.3 Å². The molecule has 0 fully saturated rings. The molecule has 3 aromatic rings. The van der Waals surface area contributed by atoms with Crippen LogP contribution in [-0.2, 0) is 19.2 Å². The van der Waals surface area contributed by atoms with Gasteiger partial charge in [-0.05, 0) is 58.5 Å². The second kappa shape index (κ2) is 8.93. The molecule has 0 saturated carbocycles. The van der Waals surface area contributed by atoms with Gasteiger partial charge in [-0.3, -0.25) is 4.79 Å². The zero-order chi connectivity index (χ0) is 22.8. The van der Waals surface area contributed by atoms with E-state index in [4.69, 9.17) is 15.3 Å². The summed E-state index contributed by atoms with van der Waals surface area (Å²) in [6, 6.07) is 7.61. The first kappa shape index (κ1) is 23.2. The number of rotatable bonds is 6. The number of carbonyl (C=O) groups is 2. The molecule has 0 amide bonds. The van der Waals surface area contributed by atoms with E-state index in [1.165, 1.54) is 36.5 Å². The number of nitrogens with zero attached hydrogens (tertiary/aromatic N) is 3. The van der Waals surface area contributed by atoms with E-state index in [-0.39, 0.29) is 16.5 Å². The minimum atomic E-state index is -1.42. The number of nitrogen functional groups attached to an aromatic ring is 1. The lowest BCUT2D eigenvalue weighted by molar-refractivity contribution is -0.179. The molecule has 0 aliphatic rings. The first-order chi connectivity index (χ1) is 14.4. The van der Waals surface area contributed by atoms with Crippen LogP contribution >= 0.6 is 34.4 Å². The van der Waals surface area contributed by atoms with Crippen LogP contribution in [0.2, 0.25) is 0 Å². The van der Waals surface area contributed by atoms with Crippen LogP contribution in [0.25, 0.3) is 10.2 Å². The number of anilines is 1. The standard InChI is InChI=1S/C20H22N4O4S3/c1-19(2,3)27-16(26)20(4,5)28-24-14(12-10-29-17(21)22-12)15(25)31-18-23-11-8-6-7-9-13(11)30-18/h6-10H,1-5H3,(H2,21,22)/b24-14-. The molecule has 31 heavy (non-hydrogen) atoms. The molecule has 0 aliphatic carbocycles. The molecule has 2 heterocycles. The largest absolute Gasteiger partial charge is 0.457 e. The fraction of sp³-hybridized carbons (Fsp3) is 0.350. The van der Waals surface area contributed by atoms with Crippen molar-refractivity contribution in [3.05, 3.63) is 35.3 Å². The monoisotopic (exact) mass is 478 g/mol. The summed E-state index contributed by atoms with van der Waals surface area (Å²) in [5.41, 5.74) is 4.64. The summed E-state index contributed by atoms with van der Waals surface area (Å²) in [5.74, 6) is -0.604. The van der Waals surface area contributed by atoms with Crippen molar-refractivity contribution < 1.29 is 19.2 Å². The van der Waals surface area contributed by atoms with Crippen LogP contribution in [0, 0.1) is 0 Å². The third-order valence-corrected chi connectivity index (χ3v) is 6.32. The first-order valence-corrected chi connectivity index (χ1v) is 11.7. The molecule has 0 aliphatic heterocycles. The van der Waals surface area contributed by atoms with Gasteiger partial charge in [0.15, 0.2) is 15.2 Å². The maximum Gasteiger partial charge on any atom is 0.353 e. The van der Waals surface area contributed by atoms with Crippen molar-refractivity contribution in [1.29, 1.82) is 0 Å². The van der Waals surface area contributed by atoms with E-state index in [1.807, 2.05) is 24.3 Å². The van der Waals surface area contributed by atoms with E-state index in [0.29, 0.717) is 4.34 Å². The van der Waals surface area contributed by atoms with Gasteiger partial charge in [0.25, 0.3) is 0 Å². The number of hydrogen-bond acceptors (Lipinski definition) is 11. The number of thioether (sulfide) groups is 1. The predicted octanol–water partition coefficient (Wildman–Crippen LogP) is 4.49. The second-order valence-corrected chi connectivity index (χ2v) is 11.1. The fourth-order valence-corrected chi connectivity index (χ4v) is 4.65. The molecule has 0 spiro atoms. The van der Waals surface area contributed by atoms with E-state index in [0.717, 1.165) is 22.0 Å². The number of ether oxygens (including phenoxy) is 1. The van der Waals surface area contributed by atoms with Crippen LogP contribution in [0.15, 0.2) is 39.1 Å². The van der Waals surface area contributed by atoms with Crippen molar-refractivity contribution in [2.75, 3.05) is 5.73 Å². The Morgan fingerprint density at radius 1 is 1.13 bits per heavy atom. The molecule has 0 saturated heterocycles. The average molecular weight is 479 g/mol. The van der Waals surface area contributed by atoms with Gasteiger partial charge in [0, 0.05) is 5.38 Å². The Bertz CT molecular complexity index is 1110. The van der Waals surface area contributed by atoms with Gasteiger partial charge in [-0.2, -0.15) is 0 Å². The Labute approximate surface area is 191 Å². The van der Waals surface area contributed by atoms with Crippen LogP contribution in [0.1, 0.15) is 40.3 Å². The third-order valence-electron chi connectivity index (χ3n) is 3.67. The lowest BCUT2D eigenvalue weighted by Crippen LogP contribution is -2.40. The number of para-hydroxylation sites is 1. The lowest BCUT2D eigenvalue weighted by atomic mass is 10.1. The molecule has 0 atom stereocenters. The number of nitrogens with two attached hydrogens (primary N) is 1. The number of fused-ring (bicyclic) bond motifs is 1. The van der Waals surface area contributed by atoms with E-state index in [2.05, 4.69) is 15.1 Å². The van der Waals surface area contributed by atoms with Crippen molar-refractivity contribution in [3.8, 4) is 0 Å². The molecular formula is C20H22N4O4S3. The first-order valence-electron chi connectivity index (χ1n) is 9.23. The van der Waals surface area contributed by atoms with Gasteiger partial charge in [-0.15, -0.1) is 22.7 Å². The quantitative estimate of drug-likeness (QED) is 0.238. The molecular weight excluding hydrogens is 456 g/mol. The third kappa shape index (κ3) is 6.02. The highest BCUT2D eigenvalue weighted by Crippen LogP contribution is 2.31. The molecule has 0 radical (unpaired) electrons. The Kier molecular flexibility index (Phi) is 6.68. The fourth-order valence-electron chi connectivity index (χ4n) is 2.21. The summed E-state index contributed by atoms with van der Waals surface area (Å²) >= 11 is 3.48. The molecule has 2 N–H and O–H groups in total. The number of carbonyl (C=O) groups excluding carboxylic acids is 2. The lowest BCUT2D eigenvalue weighted by Gasteiger charge is -2.26. The summed E-state index contributed by atoms with van der Waals surface area (Å²) in [6.45, 7) is 8.30. The molecule has 2 aromatic heterocycles. The van der Waals surface area contributed by atoms with Gasteiger partial charge in [-0.25, -0.2) is 14.8 Å². The smallest absolute Gasteiger partial charge is 0.353 e. The minimum absolute atomic E-state index is 0.0613. The Hall–Kier alpha value is -2.50. The van der Waals surface area contributed by atoms with Crippen LogP contribution in [0.3, 0.4) is 0 Å². The second-order valence-electron chi connectivity index (χ2n) is 7.95. The number of oxime groups is 1. The van der Waals surface area contributed by atoms with Crippen LogP contribution in [0.5, 0.6) is 0 Å². The van der Waals surface area contributed by atoms with Crippen molar-refractivity contribution in [3.63, 3.8) is 0 Å². The van der Waals surface area contributed by atoms with Gasteiger partial charge in [-0.1, -0.05) is 17.3 Å². The number of aromatic nitrogens is 2. The molecule has 0 bridgehead atoms. The Morgan fingerprint density at radius 3 is 2.45 bits per heavy atom. The summed E-state index contributed by atoms with van der Waals surface area (Å²) < 4.78 is 6.90. The van der Waals surface area contributed by atoms with Gasteiger partial charge < -0.3 is 15.3 Å². The molecule has 8 nitrogen and oxygen atoms in total. The zero-order valence-corrected chi connectivity index (χ0v) is 20.1. The predicted molar refractivity (Wildman–Crippen MR) is 125 cm³/mol. The topological polar surface area (TPSA) is 117 Å². The summed E-state index contributed by atoms with van der Waals surface area (Å²) in [4.78, 5) is 39.6. The normalized spacial score (nSPS) is 12.7. The maximum absolute atomic E-state index is 13.0. The maximum atomic E-state index is 13.0. The van der Waals surface area contributed by atoms with Crippen molar-refractivity contribution in [2.24, 2.45) is 5.16 Å². The molecule has 3 rings (SSSR count). The highest BCUT2D eigenvalue weighted by Gasteiger charge is 2.36. The minimum Gasteiger partial charge on any atom is -0.457 e. The van der Waals surface area contributed by atoms with E-state index >= 15 is 0 Å². The van der Waals surface area contributed by atoms with Gasteiger partial charge in [0.2, 0.25) is 10.7 Å². The summed E-state index contributed by atoms with van der Waals surface area (Å²) in [7, 11) is 0. The summed E-state index contributed by atoms with van der Waals surface area (Å²) in [6.07, 6.45) is 0. The molecule has 0 unspecified atom stereocenters. The van der Waals surface area contributed by atoms with E-state index in [9.17, 15) is 9.59 Å². The highest BCUT2D eigenvalue weighted by atomic mass is 32.2. The van der Waals surface area contributed by atoms with Crippen LogP contribution in [0.4, 0.5) is 5.13 Å². The Morgan fingerprint density at radius 2 is 1.84 bits per heavy atom. The molecule has 1 aromatic carbocycles. The number of thiazole rings is 2. The average Bonchev–Trinajstić information content (AvgIpc) is 3.25. The number of hydrogen-bond donors (Lipinski definition) is 1. The van der Waals surface area contributed by atoms with Crippen molar-refractivity contribution >= 4 is 66.6 Å². The van der Waals surface area contributed by atoms with E-state index in [1.54, 1.807) is 26.2 Å². The number of benzene rings is 1. The Balaban J connectivity index is 1.85. The van der Waals surface area contributed by atoms with Gasteiger partial charge in [0.1, 0.15) is 11.3 Å². The zero-order valence-electron chi connectivity index (χ0n) is 17.7. The van der Waals surface area contributed by atoms with Gasteiger partial charge >= 0.3 is 5.97 Å². The van der Waals surface area contributed by atoms with Gasteiger partial charge in [0.05, 0.1) is 10.2 Å². The van der Waals surface area contributed by atoms with Crippen LogP contribution in [-0.4, -0.2) is 38.0 Å².